The minimum Gasteiger partial charge on any atom is -0.360 e. The number of benzene rings is 1. The summed E-state index contributed by atoms with van der Waals surface area (Å²) < 4.78 is 4.90. The van der Waals surface area contributed by atoms with Crippen molar-refractivity contribution in [2.75, 3.05) is 11.1 Å². The van der Waals surface area contributed by atoms with Gasteiger partial charge in [0.15, 0.2) is 5.82 Å². The van der Waals surface area contributed by atoms with E-state index in [1.165, 1.54) is 11.8 Å². The van der Waals surface area contributed by atoms with E-state index in [1.54, 1.807) is 13.0 Å². The van der Waals surface area contributed by atoms with Crippen LogP contribution in [0.3, 0.4) is 0 Å². The Morgan fingerprint density at radius 3 is 2.92 bits per heavy atom. The highest BCUT2D eigenvalue weighted by atomic mass is 32.2. The fourth-order valence-corrected chi connectivity index (χ4v) is 3.29. The maximum atomic E-state index is 11.9. The van der Waals surface area contributed by atoms with Crippen molar-refractivity contribution in [3.8, 4) is 0 Å². The normalized spacial score (nSPS) is 20.5. The Morgan fingerprint density at radius 1 is 1.42 bits per heavy atom. The highest BCUT2D eigenvalue weighted by molar-refractivity contribution is 8.00. The lowest BCUT2D eigenvalue weighted by molar-refractivity contribution is -0.123. The summed E-state index contributed by atoms with van der Waals surface area (Å²) in [5, 5.41) is 12.5. The number of carbonyl (C=O) groups is 2. The molecule has 2 aromatic rings. The molecule has 1 aliphatic rings. The number of nitrogens with zero attached hydrogens (tertiary/aromatic N) is 1. The number of nitrogens with one attached hydrogen (secondary N) is 3. The third-order valence-corrected chi connectivity index (χ3v) is 4.53. The van der Waals surface area contributed by atoms with Crippen LogP contribution in [0.4, 0.5) is 5.82 Å². The topological polar surface area (TPSA) is 96.3 Å². The van der Waals surface area contributed by atoms with E-state index in [0.29, 0.717) is 18.0 Å². The fraction of sp³-hybridized carbons (Fsp3) is 0.312. The van der Waals surface area contributed by atoms with Crippen LogP contribution < -0.4 is 16.0 Å². The third-order valence-electron chi connectivity index (χ3n) is 3.51. The largest absolute Gasteiger partial charge is 0.360 e. The second kappa shape index (κ2) is 7.50. The molecule has 0 spiro atoms. The first-order valence-electron chi connectivity index (χ1n) is 7.55. The summed E-state index contributed by atoms with van der Waals surface area (Å²) in [6, 6.07) is 11.4. The average Bonchev–Trinajstić information content (AvgIpc) is 2.98. The van der Waals surface area contributed by atoms with E-state index in [4.69, 9.17) is 4.52 Å². The van der Waals surface area contributed by atoms with Crippen LogP contribution in [0.2, 0.25) is 0 Å². The molecule has 126 valence electrons. The summed E-state index contributed by atoms with van der Waals surface area (Å²) >= 11 is 1.32. The maximum Gasteiger partial charge on any atom is 0.235 e. The zero-order chi connectivity index (χ0) is 16.9. The molecule has 2 unspecified atom stereocenters. The van der Waals surface area contributed by atoms with Gasteiger partial charge in [-0.15, -0.1) is 11.8 Å². The molecule has 1 fully saturated rings. The van der Waals surface area contributed by atoms with Gasteiger partial charge < -0.3 is 15.2 Å². The molecule has 2 heterocycles. The smallest absolute Gasteiger partial charge is 0.235 e. The monoisotopic (exact) mass is 346 g/mol. The quantitative estimate of drug-likeness (QED) is 0.764. The third kappa shape index (κ3) is 4.36. The maximum absolute atomic E-state index is 11.9. The molecule has 3 N–H and O–H groups in total. The average molecular weight is 346 g/mol. The Morgan fingerprint density at radius 2 is 2.21 bits per heavy atom. The first-order chi connectivity index (χ1) is 11.6. The lowest BCUT2D eigenvalue weighted by atomic mass is 10.0. The number of hydrogen-bond donors (Lipinski definition) is 3. The van der Waals surface area contributed by atoms with Crippen molar-refractivity contribution in [2.45, 2.75) is 24.9 Å². The summed E-state index contributed by atoms with van der Waals surface area (Å²) in [7, 11) is 0. The summed E-state index contributed by atoms with van der Waals surface area (Å²) in [5.41, 5.74) is 0.738. The zero-order valence-electron chi connectivity index (χ0n) is 13.1. The van der Waals surface area contributed by atoms with Crippen molar-refractivity contribution in [2.24, 2.45) is 0 Å². The van der Waals surface area contributed by atoms with Crippen LogP contribution >= 0.6 is 11.8 Å². The Hall–Kier alpha value is -2.32. The van der Waals surface area contributed by atoms with Gasteiger partial charge in [-0.05, 0) is 12.5 Å². The molecule has 8 heteroatoms. The molecular formula is C16H18N4O3S. The number of rotatable bonds is 5. The van der Waals surface area contributed by atoms with Gasteiger partial charge in [-0.2, -0.15) is 0 Å². The van der Waals surface area contributed by atoms with Crippen molar-refractivity contribution in [1.29, 1.82) is 0 Å². The van der Waals surface area contributed by atoms with Gasteiger partial charge in [0.1, 0.15) is 11.3 Å². The first kappa shape index (κ1) is 16.5. The van der Waals surface area contributed by atoms with Gasteiger partial charge >= 0.3 is 0 Å². The van der Waals surface area contributed by atoms with E-state index in [2.05, 4.69) is 21.1 Å². The molecular weight excluding hydrogens is 328 g/mol. The summed E-state index contributed by atoms with van der Waals surface area (Å²) in [5.74, 6) is 0.968. The molecule has 1 aromatic heterocycles. The second-order valence-corrected chi connectivity index (χ2v) is 6.56. The van der Waals surface area contributed by atoms with E-state index in [9.17, 15) is 9.59 Å². The van der Waals surface area contributed by atoms with Crippen LogP contribution in [-0.2, 0) is 9.59 Å². The van der Waals surface area contributed by atoms with E-state index in [1.807, 2.05) is 30.3 Å². The molecule has 0 saturated carbocycles. The summed E-state index contributed by atoms with van der Waals surface area (Å²) in [4.78, 5) is 23.9. The van der Waals surface area contributed by atoms with Gasteiger partial charge in [-0.25, -0.2) is 0 Å². The van der Waals surface area contributed by atoms with Gasteiger partial charge in [0.2, 0.25) is 11.8 Å². The summed E-state index contributed by atoms with van der Waals surface area (Å²) in [6.07, 6.45) is 0.380. The molecule has 2 atom stereocenters. The molecule has 0 aliphatic carbocycles. The highest BCUT2D eigenvalue weighted by Gasteiger charge is 2.27. The highest BCUT2D eigenvalue weighted by Crippen LogP contribution is 2.23. The van der Waals surface area contributed by atoms with Crippen LogP contribution in [-0.4, -0.2) is 28.2 Å². The predicted molar refractivity (Wildman–Crippen MR) is 91.2 cm³/mol. The number of anilines is 1. The molecule has 3 rings (SSSR count). The standard InChI is InChI=1S/C16H18N4O3S/c1-10-7-13(20-23-10)18-15(22)9-24-16-17-12(8-14(21)19-16)11-5-3-2-4-6-11/h2-7,12,16-17H,8-9H2,1H3,(H,19,21)(H,18,20,22). The number of thioether (sulfide) groups is 1. The molecule has 7 nitrogen and oxygen atoms in total. The van der Waals surface area contributed by atoms with Crippen molar-refractivity contribution >= 4 is 29.4 Å². The van der Waals surface area contributed by atoms with Gasteiger partial charge in [-0.3, -0.25) is 14.9 Å². The number of aryl methyl sites for hydroxylation is 1. The Labute approximate surface area is 143 Å². The number of carbonyl (C=O) groups excluding carboxylic acids is 2. The van der Waals surface area contributed by atoms with Gasteiger partial charge in [0.25, 0.3) is 0 Å². The van der Waals surface area contributed by atoms with Gasteiger partial charge in [0.05, 0.1) is 5.75 Å². The van der Waals surface area contributed by atoms with Crippen LogP contribution in [0.15, 0.2) is 40.9 Å². The number of amides is 2. The number of hydrogen-bond acceptors (Lipinski definition) is 6. The van der Waals surface area contributed by atoms with Gasteiger partial charge in [-0.1, -0.05) is 35.5 Å². The molecule has 0 radical (unpaired) electrons. The van der Waals surface area contributed by atoms with Crippen molar-refractivity contribution in [1.82, 2.24) is 15.8 Å². The Bertz CT molecular complexity index is 719. The van der Waals surface area contributed by atoms with Crippen molar-refractivity contribution in [3.63, 3.8) is 0 Å². The predicted octanol–water partition coefficient (Wildman–Crippen LogP) is 1.79. The second-order valence-electron chi connectivity index (χ2n) is 5.46. The first-order valence-corrected chi connectivity index (χ1v) is 8.60. The van der Waals surface area contributed by atoms with Crippen LogP contribution in [0.5, 0.6) is 0 Å². The summed E-state index contributed by atoms with van der Waals surface area (Å²) in [6.45, 7) is 1.75. The van der Waals surface area contributed by atoms with Crippen molar-refractivity contribution in [3.05, 3.63) is 47.7 Å². The molecule has 0 bridgehead atoms. The minimum atomic E-state index is -0.318. The SMILES string of the molecule is Cc1cc(NC(=O)CSC2NC(=O)CC(c3ccccc3)N2)no1. The van der Waals surface area contributed by atoms with Crippen LogP contribution in [0.1, 0.15) is 23.8 Å². The molecule has 2 amide bonds. The van der Waals surface area contributed by atoms with Crippen LogP contribution in [0.25, 0.3) is 0 Å². The molecule has 1 aromatic carbocycles. The zero-order valence-corrected chi connectivity index (χ0v) is 13.9. The molecule has 24 heavy (non-hydrogen) atoms. The van der Waals surface area contributed by atoms with E-state index in [0.717, 1.165) is 5.56 Å². The Kier molecular flexibility index (Phi) is 5.17. The lowest BCUT2D eigenvalue weighted by Gasteiger charge is -2.31. The van der Waals surface area contributed by atoms with Crippen molar-refractivity contribution < 1.29 is 14.1 Å². The Balaban J connectivity index is 1.52. The minimum absolute atomic E-state index is 0.0346. The van der Waals surface area contributed by atoms with E-state index >= 15 is 0 Å². The fourth-order valence-electron chi connectivity index (χ4n) is 2.43. The van der Waals surface area contributed by atoms with E-state index < -0.39 is 0 Å². The van der Waals surface area contributed by atoms with Gasteiger partial charge in [0, 0.05) is 18.5 Å². The number of aromatic nitrogens is 1. The lowest BCUT2D eigenvalue weighted by Crippen LogP contribution is -2.51. The van der Waals surface area contributed by atoms with Crippen LogP contribution in [0, 0.1) is 6.92 Å². The molecule has 1 aliphatic heterocycles. The molecule has 1 saturated heterocycles. The van der Waals surface area contributed by atoms with E-state index in [-0.39, 0.29) is 29.1 Å².